The van der Waals surface area contributed by atoms with Crippen LogP contribution in [-0.2, 0) is 0 Å². The largest absolute Gasteiger partial charge is 0.493 e. The topological polar surface area (TPSA) is 21.3 Å². The molecule has 0 spiro atoms. The van der Waals surface area contributed by atoms with E-state index in [1.807, 2.05) is 6.92 Å². The molecule has 0 aliphatic rings. The van der Waals surface area contributed by atoms with Gasteiger partial charge in [0, 0.05) is 6.04 Å². The Labute approximate surface area is 116 Å². The molecule has 0 aliphatic heterocycles. The Morgan fingerprint density at radius 3 is 2.74 bits per heavy atom. The molecular weight excluding hydrogens is 241 g/mol. The molecule has 0 saturated carbocycles. The van der Waals surface area contributed by atoms with E-state index in [2.05, 4.69) is 19.2 Å². The van der Waals surface area contributed by atoms with Crippen LogP contribution in [0.1, 0.15) is 45.1 Å². The van der Waals surface area contributed by atoms with Gasteiger partial charge in [0.2, 0.25) is 0 Å². The molecule has 1 unspecified atom stereocenters. The van der Waals surface area contributed by atoms with Crippen LogP contribution in [0.4, 0.5) is 4.39 Å². The van der Waals surface area contributed by atoms with E-state index in [0.29, 0.717) is 12.6 Å². The van der Waals surface area contributed by atoms with Crippen LogP contribution in [0.2, 0.25) is 0 Å². The standard InChI is InChI=1S/C16H26FNO/c1-4-10-18-15(5-2)7-6-11-19-16-9-8-14(17)12-13(16)3/h8-9,12,15,18H,4-7,10-11H2,1-3H3. The summed E-state index contributed by atoms with van der Waals surface area (Å²) in [6.45, 7) is 8.03. The molecule has 19 heavy (non-hydrogen) atoms. The van der Waals surface area contributed by atoms with Crippen molar-refractivity contribution in [2.75, 3.05) is 13.2 Å². The van der Waals surface area contributed by atoms with Gasteiger partial charge in [-0.05, 0) is 62.9 Å². The number of aryl methyl sites for hydroxylation is 1. The minimum atomic E-state index is -0.209. The summed E-state index contributed by atoms with van der Waals surface area (Å²) in [4.78, 5) is 0. The summed E-state index contributed by atoms with van der Waals surface area (Å²) in [6.07, 6.45) is 4.46. The van der Waals surface area contributed by atoms with Gasteiger partial charge in [-0.1, -0.05) is 13.8 Å². The van der Waals surface area contributed by atoms with Crippen LogP contribution < -0.4 is 10.1 Å². The molecule has 108 valence electrons. The van der Waals surface area contributed by atoms with Gasteiger partial charge in [-0.25, -0.2) is 4.39 Å². The number of nitrogens with one attached hydrogen (secondary N) is 1. The first-order chi connectivity index (χ1) is 9.17. The molecule has 0 aromatic heterocycles. The molecule has 0 heterocycles. The molecule has 1 aromatic carbocycles. The van der Waals surface area contributed by atoms with Crippen molar-refractivity contribution >= 4 is 0 Å². The van der Waals surface area contributed by atoms with Crippen LogP contribution in [-0.4, -0.2) is 19.2 Å². The molecule has 0 saturated heterocycles. The monoisotopic (exact) mass is 267 g/mol. The lowest BCUT2D eigenvalue weighted by atomic mass is 10.1. The Bertz CT molecular complexity index is 368. The van der Waals surface area contributed by atoms with Gasteiger partial charge >= 0.3 is 0 Å². The van der Waals surface area contributed by atoms with Crippen molar-refractivity contribution in [3.05, 3.63) is 29.6 Å². The van der Waals surface area contributed by atoms with Crippen molar-refractivity contribution in [2.45, 2.75) is 52.5 Å². The van der Waals surface area contributed by atoms with Gasteiger partial charge in [0.1, 0.15) is 11.6 Å². The number of halogens is 1. The summed E-state index contributed by atoms with van der Waals surface area (Å²) in [5.41, 5.74) is 0.858. The predicted molar refractivity (Wildman–Crippen MR) is 78.2 cm³/mol. The maximum absolute atomic E-state index is 12.9. The summed E-state index contributed by atoms with van der Waals surface area (Å²) in [5, 5.41) is 3.53. The molecule has 0 radical (unpaired) electrons. The van der Waals surface area contributed by atoms with Crippen LogP contribution in [0.5, 0.6) is 5.75 Å². The van der Waals surface area contributed by atoms with Gasteiger partial charge < -0.3 is 10.1 Å². The highest BCUT2D eigenvalue weighted by Crippen LogP contribution is 2.18. The first-order valence-electron chi connectivity index (χ1n) is 7.29. The van der Waals surface area contributed by atoms with Gasteiger partial charge in [0.15, 0.2) is 0 Å². The highest BCUT2D eigenvalue weighted by Gasteiger charge is 2.05. The second kappa shape index (κ2) is 8.92. The van der Waals surface area contributed by atoms with E-state index in [-0.39, 0.29) is 5.82 Å². The Balaban J connectivity index is 2.26. The van der Waals surface area contributed by atoms with Crippen molar-refractivity contribution in [1.82, 2.24) is 5.32 Å². The molecule has 0 aliphatic carbocycles. The van der Waals surface area contributed by atoms with Crippen LogP contribution in [0, 0.1) is 12.7 Å². The zero-order valence-electron chi connectivity index (χ0n) is 12.3. The van der Waals surface area contributed by atoms with E-state index in [1.54, 1.807) is 6.07 Å². The number of hydrogen-bond acceptors (Lipinski definition) is 2. The summed E-state index contributed by atoms with van der Waals surface area (Å²) in [7, 11) is 0. The van der Waals surface area contributed by atoms with E-state index in [4.69, 9.17) is 4.74 Å². The molecule has 0 fully saturated rings. The lowest BCUT2D eigenvalue weighted by Gasteiger charge is -2.16. The van der Waals surface area contributed by atoms with Crippen molar-refractivity contribution < 1.29 is 9.13 Å². The Morgan fingerprint density at radius 1 is 1.32 bits per heavy atom. The fourth-order valence-corrected chi connectivity index (χ4v) is 2.09. The van der Waals surface area contributed by atoms with Crippen LogP contribution in [0.15, 0.2) is 18.2 Å². The Kier molecular flexibility index (Phi) is 7.49. The Morgan fingerprint density at radius 2 is 2.11 bits per heavy atom. The molecular formula is C16H26FNO. The van der Waals surface area contributed by atoms with Gasteiger partial charge in [0.25, 0.3) is 0 Å². The fourth-order valence-electron chi connectivity index (χ4n) is 2.09. The van der Waals surface area contributed by atoms with E-state index >= 15 is 0 Å². The third kappa shape index (κ3) is 6.06. The summed E-state index contributed by atoms with van der Waals surface area (Å²) in [5.74, 6) is 0.579. The molecule has 0 bridgehead atoms. The summed E-state index contributed by atoms with van der Waals surface area (Å²) >= 11 is 0. The van der Waals surface area contributed by atoms with Crippen LogP contribution >= 0.6 is 0 Å². The van der Waals surface area contributed by atoms with E-state index in [1.165, 1.54) is 18.6 Å². The third-order valence-electron chi connectivity index (χ3n) is 3.27. The molecule has 3 heteroatoms. The average molecular weight is 267 g/mol. The molecule has 1 atom stereocenters. The van der Waals surface area contributed by atoms with Gasteiger partial charge in [-0.2, -0.15) is 0 Å². The van der Waals surface area contributed by atoms with Crippen molar-refractivity contribution in [2.24, 2.45) is 0 Å². The SMILES string of the molecule is CCCNC(CC)CCCOc1ccc(F)cc1C. The maximum Gasteiger partial charge on any atom is 0.123 e. The summed E-state index contributed by atoms with van der Waals surface area (Å²) in [6, 6.07) is 5.24. The number of ether oxygens (including phenoxy) is 1. The minimum absolute atomic E-state index is 0.209. The van der Waals surface area contributed by atoms with E-state index < -0.39 is 0 Å². The van der Waals surface area contributed by atoms with Gasteiger partial charge in [0.05, 0.1) is 6.61 Å². The normalized spacial score (nSPS) is 12.4. The van der Waals surface area contributed by atoms with Crippen molar-refractivity contribution in [1.29, 1.82) is 0 Å². The van der Waals surface area contributed by atoms with Gasteiger partial charge in [-0.15, -0.1) is 0 Å². The third-order valence-corrected chi connectivity index (χ3v) is 3.27. The average Bonchev–Trinajstić information content (AvgIpc) is 2.40. The Hall–Kier alpha value is -1.09. The van der Waals surface area contributed by atoms with Crippen LogP contribution in [0.25, 0.3) is 0 Å². The van der Waals surface area contributed by atoms with Crippen molar-refractivity contribution in [3.8, 4) is 5.75 Å². The molecule has 0 amide bonds. The number of hydrogen-bond donors (Lipinski definition) is 1. The quantitative estimate of drug-likeness (QED) is 0.681. The minimum Gasteiger partial charge on any atom is -0.493 e. The fraction of sp³-hybridized carbons (Fsp3) is 0.625. The molecule has 1 aromatic rings. The zero-order valence-corrected chi connectivity index (χ0v) is 12.3. The van der Waals surface area contributed by atoms with E-state index in [0.717, 1.165) is 37.1 Å². The maximum atomic E-state index is 12.9. The first-order valence-corrected chi connectivity index (χ1v) is 7.29. The zero-order chi connectivity index (χ0) is 14.1. The predicted octanol–water partition coefficient (Wildman–Crippen LogP) is 4.07. The van der Waals surface area contributed by atoms with E-state index in [9.17, 15) is 4.39 Å². The number of benzene rings is 1. The summed E-state index contributed by atoms with van der Waals surface area (Å²) < 4.78 is 18.6. The van der Waals surface area contributed by atoms with Crippen LogP contribution in [0.3, 0.4) is 0 Å². The lowest BCUT2D eigenvalue weighted by Crippen LogP contribution is -2.29. The van der Waals surface area contributed by atoms with Crippen molar-refractivity contribution in [3.63, 3.8) is 0 Å². The second-order valence-corrected chi connectivity index (χ2v) is 4.96. The number of rotatable bonds is 9. The second-order valence-electron chi connectivity index (χ2n) is 4.96. The highest BCUT2D eigenvalue weighted by molar-refractivity contribution is 5.32. The van der Waals surface area contributed by atoms with Gasteiger partial charge in [-0.3, -0.25) is 0 Å². The highest BCUT2D eigenvalue weighted by atomic mass is 19.1. The smallest absolute Gasteiger partial charge is 0.123 e. The lowest BCUT2D eigenvalue weighted by molar-refractivity contribution is 0.292. The molecule has 2 nitrogen and oxygen atoms in total. The molecule has 1 N–H and O–H groups in total. The first kappa shape index (κ1) is 16.0. The molecule has 1 rings (SSSR count).